The van der Waals surface area contributed by atoms with Crippen LogP contribution in [0.4, 0.5) is 0 Å². The first-order valence-electron chi connectivity index (χ1n) is 8.24. The first kappa shape index (κ1) is 19.1. The molecule has 0 spiro atoms. The molecule has 1 aliphatic rings. The van der Waals surface area contributed by atoms with Gasteiger partial charge >= 0.3 is 0 Å². The smallest absolute Gasteiger partial charge is 0.187 e. The number of thiocarbonyl (C=S) groups is 1. The molecule has 0 aliphatic carbocycles. The van der Waals surface area contributed by atoms with Crippen molar-refractivity contribution in [2.75, 3.05) is 13.2 Å². The maximum absolute atomic E-state index is 6.45. The highest BCUT2D eigenvalue weighted by molar-refractivity contribution is 7.80. The fourth-order valence-corrected chi connectivity index (χ4v) is 3.29. The van der Waals surface area contributed by atoms with Gasteiger partial charge in [0, 0.05) is 18.2 Å². The number of hydrogen-bond acceptors (Lipinski definition) is 4. The molecule has 0 saturated carbocycles. The monoisotopic (exact) mass is 411 g/mol. The fourth-order valence-electron chi connectivity index (χ4n) is 2.64. The van der Waals surface area contributed by atoms with E-state index >= 15 is 0 Å². The van der Waals surface area contributed by atoms with Gasteiger partial charge in [-0.3, -0.25) is 5.43 Å². The number of nitrogens with one attached hydrogen (secondary N) is 2. The Morgan fingerprint density at radius 1 is 1.50 bits per heavy atom. The van der Waals surface area contributed by atoms with Gasteiger partial charge in [-0.15, -0.1) is 0 Å². The summed E-state index contributed by atoms with van der Waals surface area (Å²) < 4.78 is 7.16. The number of nitrogens with zero attached hydrogens (tertiary/aromatic N) is 3. The van der Waals surface area contributed by atoms with E-state index in [-0.39, 0.29) is 6.10 Å². The molecule has 1 aliphatic heterocycles. The van der Waals surface area contributed by atoms with Gasteiger partial charge in [-0.1, -0.05) is 29.3 Å². The number of rotatable bonds is 5. The molecule has 138 valence electrons. The molecule has 6 nitrogen and oxygen atoms in total. The Bertz CT molecular complexity index is 817. The van der Waals surface area contributed by atoms with Crippen LogP contribution in [0.5, 0.6) is 0 Å². The largest absolute Gasteiger partial charge is 0.376 e. The molecule has 2 N–H and O–H groups in total. The van der Waals surface area contributed by atoms with Crippen LogP contribution in [0.25, 0.3) is 5.69 Å². The summed E-state index contributed by atoms with van der Waals surface area (Å²) in [4.78, 5) is 0. The maximum atomic E-state index is 6.45. The average molecular weight is 412 g/mol. The number of halogens is 2. The Morgan fingerprint density at radius 2 is 2.35 bits per heavy atom. The molecule has 2 heterocycles. The molecule has 9 heteroatoms. The molecule has 0 radical (unpaired) electrons. The van der Waals surface area contributed by atoms with Gasteiger partial charge in [0.1, 0.15) is 5.15 Å². The fraction of sp³-hybridized carbons (Fsp3) is 0.353. The van der Waals surface area contributed by atoms with E-state index in [9.17, 15) is 0 Å². The van der Waals surface area contributed by atoms with Gasteiger partial charge in [0.2, 0.25) is 0 Å². The predicted molar refractivity (Wildman–Crippen MR) is 109 cm³/mol. The Hall–Kier alpha value is -1.67. The molecular weight excluding hydrogens is 393 g/mol. The van der Waals surface area contributed by atoms with Crippen LogP contribution in [0.15, 0.2) is 29.4 Å². The lowest BCUT2D eigenvalue weighted by molar-refractivity contribution is 0.114. The number of benzene rings is 1. The molecule has 1 aromatic heterocycles. The van der Waals surface area contributed by atoms with Crippen LogP contribution in [-0.2, 0) is 4.74 Å². The lowest BCUT2D eigenvalue weighted by Crippen LogP contribution is -2.37. The Morgan fingerprint density at radius 3 is 3.08 bits per heavy atom. The van der Waals surface area contributed by atoms with Crippen LogP contribution >= 0.6 is 35.4 Å². The second-order valence-corrected chi connectivity index (χ2v) is 7.10. The van der Waals surface area contributed by atoms with Crippen molar-refractivity contribution in [3.05, 3.63) is 45.7 Å². The van der Waals surface area contributed by atoms with Crippen molar-refractivity contribution in [3.8, 4) is 5.69 Å². The summed E-state index contributed by atoms with van der Waals surface area (Å²) in [5, 5.41) is 13.2. The van der Waals surface area contributed by atoms with Crippen molar-refractivity contribution in [1.82, 2.24) is 20.5 Å². The standard InChI is InChI=1S/C17H19Cl2N5OS/c1-11-15(10-21-22-17(26)20-9-14-6-3-7-25-14)16(19)24(23-11)13-5-2-4-12(18)8-13/h2,4-5,8,10,14H,3,6-7,9H2,1H3,(H2,20,22,26). The second kappa shape index (κ2) is 8.81. The SMILES string of the molecule is Cc1nn(-c2cccc(Cl)c2)c(Cl)c1C=NNC(=S)NCC1CCCO1. The van der Waals surface area contributed by atoms with Crippen LogP contribution in [0.3, 0.4) is 0 Å². The molecule has 26 heavy (non-hydrogen) atoms. The summed E-state index contributed by atoms with van der Waals surface area (Å²) in [5.41, 5.74) is 5.03. The zero-order valence-corrected chi connectivity index (χ0v) is 16.5. The Labute approximate surface area is 167 Å². The number of aryl methyl sites for hydroxylation is 1. The van der Waals surface area contributed by atoms with E-state index in [0.29, 0.717) is 27.4 Å². The zero-order chi connectivity index (χ0) is 18.5. The molecule has 1 atom stereocenters. The highest BCUT2D eigenvalue weighted by Gasteiger charge is 2.15. The van der Waals surface area contributed by atoms with Gasteiger partial charge in [0.15, 0.2) is 5.11 Å². The summed E-state index contributed by atoms with van der Waals surface area (Å²) in [7, 11) is 0. The third-order valence-corrected chi connectivity index (χ3v) is 4.81. The summed E-state index contributed by atoms with van der Waals surface area (Å²) >= 11 is 17.7. The first-order valence-corrected chi connectivity index (χ1v) is 9.40. The van der Waals surface area contributed by atoms with E-state index in [1.165, 1.54) is 0 Å². The minimum Gasteiger partial charge on any atom is -0.376 e. The van der Waals surface area contributed by atoms with Gasteiger partial charge in [-0.05, 0) is 50.2 Å². The Kier molecular flexibility index (Phi) is 6.48. The molecular formula is C17H19Cl2N5OS. The maximum Gasteiger partial charge on any atom is 0.187 e. The Balaban J connectivity index is 1.62. The number of aromatic nitrogens is 2. The summed E-state index contributed by atoms with van der Waals surface area (Å²) in [5.74, 6) is 0. The van der Waals surface area contributed by atoms with Gasteiger partial charge in [-0.2, -0.15) is 10.2 Å². The van der Waals surface area contributed by atoms with Crippen molar-refractivity contribution in [2.24, 2.45) is 5.10 Å². The third kappa shape index (κ3) is 4.73. The van der Waals surface area contributed by atoms with Gasteiger partial charge in [-0.25, -0.2) is 4.68 Å². The third-order valence-electron chi connectivity index (χ3n) is 3.97. The molecule has 3 rings (SSSR count). The van der Waals surface area contributed by atoms with Crippen molar-refractivity contribution >= 4 is 46.7 Å². The van der Waals surface area contributed by atoms with Crippen molar-refractivity contribution < 1.29 is 4.74 Å². The van der Waals surface area contributed by atoms with Crippen LogP contribution in [0, 0.1) is 6.92 Å². The second-order valence-electron chi connectivity index (χ2n) is 5.90. The van der Waals surface area contributed by atoms with Gasteiger partial charge in [0.05, 0.1) is 29.3 Å². The minimum atomic E-state index is 0.214. The lowest BCUT2D eigenvalue weighted by Gasteiger charge is -2.11. The number of hydrazone groups is 1. The van der Waals surface area contributed by atoms with E-state index in [1.54, 1.807) is 23.0 Å². The molecule has 1 aromatic carbocycles. The summed E-state index contributed by atoms with van der Waals surface area (Å²) in [6.45, 7) is 3.36. The van der Waals surface area contributed by atoms with E-state index in [2.05, 4.69) is 20.9 Å². The quantitative estimate of drug-likeness (QED) is 0.448. The minimum absolute atomic E-state index is 0.214. The van der Waals surface area contributed by atoms with Gasteiger partial charge < -0.3 is 10.1 Å². The topological polar surface area (TPSA) is 63.5 Å². The molecule has 0 bridgehead atoms. The summed E-state index contributed by atoms with van der Waals surface area (Å²) in [6.07, 6.45) is 3.97. The molecule has 1 saturated heterocycles. The number of ether oxygens (including phenoxy) is 1. The van der Waals surface area contributed by atoms with Crippen molar-refractivity contribution in [2.45, 2.75) is 25.9 Å². The van der Waals surface area contributed by atoms with Crippen LogP contribution in [-0.4, -0.2) is 40.4 Å². The normalized spacial score (nSPS) is 17.0. The zero-order valence-electron chi connectivity index (χ0n) is 14.2. The average Bonchev–Trinajstić information content (AvgIpc) is 3.23. The lowest BCUT2D eigenvalue weighted by atomic mass is 10.2. The van der Waals surface area contributed by atoms with Gasteiger partial charge in [0.25, 0.3) is 0 Å². The van der Waals surface area contributed by atoms with E-state index < -0.39 is 0 Å². The highest BCUT2D eigenvalue weighted by atomic mass is 35.5. The van der Waals surface area contributed by atoms with E-state index in [0.717, 1.165) is 30.8 Å². The van der Waals surface area contributed by atoms with E-state index in [1.807, 2.05) is 19.1 Å². The van der Waals surface area contributed by atoms with Crippen LogP contribution in [0.1, 0.15) is 24.1 Å². The summed E-state index contributed by atoms with van der Waals surface area (Å²) in [6, 6.07) is 7.32. The first-order chi connectivity index (χ1) is 12.5. The van der Waals surface area contributed by atoms with E-state index in [4.69, 9.17) is 40.2 Å². The van der Waals surface area contributed by atoms with Crippen molar-refractivity contribution in [1.29, 1.82) is 0 Å². The molecule has 1 fully saturated rings. The molecule has 0 amide bonds. The van der Waals surface area contributed by atoms with Crippen LogP contribution < -0.4 is 10.7 Å². The predicted octanol–water partition coefficient (Wildman–Crippen LogP) is 3.46. The number of hydrogen-bond donors (Lipinski definition) is 2. The van der Waals surface area contributed by atoms with Crippen LogP contribution in [0.2, 0.25) is 10.2 Å². The molecule has 2 aromatic rings. The van der Waals surface area contributed by atoms with Crippen molar-refractivity contribution in [3.63, 3.8) is 0 Å². The highest BCUT2D eigenvalue weighted by Crippen LogP contribution is 2.23. The molecule has 1 unspecified atom stereocenters.